The second-order valence-corrected chi connectivity index (χ2v) is 11.4. The van der Waals surface area contributed by atoms with Gasteiger partial charge in [-0.15, -0.1) is 0 Å². The molecule has 2 aromatic carbocycles. The van der Waals surface area contributed by atoms with Crippen LogP contribution in [0.1, 0.15) is 18.4 Å². The van der Waals surface area contributed by atoms with Crippen molar-refractivity contribution >= 4 is 33.6 Å². The molecule has 0 spiro atoms. The molecule has 3 atom stereocenters. The molecule has 11 nitrogen and oxygen atoms in total. The molecule has 0 saturated carbocycles. The van der Waals surface area contributed by atoms with Crippen LogP contribution in [0.5, 0.6) is 6.01 Å². The number of aromatic nitrogens is 3. The normalized spacial score (nSPS) is 20.8. The number of nitrogens with zero attached hydrogens (tertiary/aromatic N) is 7. The molecule has 0 bridgehead atoms. The summed E-state index contributed by atoms with van der Waals surface area (Å²) < 4.78 is 28.3. The highest BCUT2D eigenvalue weighted by atomic mass is 19.1. The number of carbonyl (C=O) groups is 1. The van der Waals surface area contributed by atoms with Gasteiger partial charge in [0.1, 0.15) is 23.6 Å². The largest absolute Gasteiger partial charge is 0.465 e. The van der Waals surface area contributed by atoms with Gasteiger partial charge in [-0.1, -0.05) is 36.4 Å². The van der Waals surface area contributed by atoms with E-state index in [1.165, 1.54) is 4.90 Å². The number of rotatable bonds is 7. The van der Waals surface area contributed by atoms with Gasteiger partial charge < -0.3 is 24.4 Å². The van der Waals surface area contributed by atoms with Crippen LogP contribution < -0.4 is 9.64 Å². The number of aryl methyl sites for hydroxylation is 1. The van der Waals surface area contributed by atoms with E-state index in [-0.39, 0.29) is 55.5 Å². The summed E-state index contributed by atoms with van der Waals surface area (Å²) in [6.45, 7) is 3.71. The number of anilines is 1. The first-order valence-corrected chi connectivity index (χ1v) is 14.6. The lowest BCUT2D eigenvalue weighted by Gasteiger charge is -2.39. The number of halogens is 1. The fourth-order valence-corrected chi connectivity index (χ4v) is 6.39. The summed E-state index contributed by atoms with van der Waals surface area (Å²) in [7, 11) is 3.69. The van der Waals surface area contributed by atoms with E-state index in [1.54, 1.807) is 13.3 Å². The number of hydrogen-bond donors (Lipinski definition) is 1. The number of fused-ring (bicyclic) bond motifs is 2. The van der Waals surface area contributed by atoms with Crippen molar-refractivity contribution < 1.29 is 23.8 Å². The number of methoxy groups -OCH3 is 1. The molecule has 12 heteroatoms. The predicted molar refractivity (Wildman–Crippen MR) is 163 cm³/mol. The van der Waals surface area contributed by atoms with Crippen LogP contribution in [0.15, 0.2) is 42.6 Å². The van der Waals surface area contributed by atoms with Gasteiger partial charge >= 0.3 is 12.1 Å². The number of pyridine rings is 1. The summed E-state index contributed by atoms with van der Waals surface area (Å²) in [6, 6.07) is 13.3. The Balaban J connectivity index is 1.44. The average molecular weight is 600 g/mol. The van der Waals surface area contributed by atoms with Crippen molar-refractivity contribution in [3.05, 3.63) is 54.0 Å². The molecule has 6 rings (SSSR count). The van der Waals surface area contributed by atoms with Gasteiger partial charge in [0, 0.05) is 51.1 Å². The molecular weight excluding hydrogens is 565 g/mol. The maximum Gasteiger partial charge on any atom is 0.407 e. The average Bonchev–Trinajstić information content (AvgIpc) is 3.39. The van der Waals surface area contributed by atoms with Crippen LogP contribution in [-0.4, -0.2) is 101 Å². The van der Waals surface area contributed by atoms with E-state index in [2.05, 4.69) is 20.9 Å². The number of likely N-dealkylation sites (tertiary alicyclic amines) is 1. The Morgan fingerprint density at radius 3 is 2.68 bits per heavy atom. The maximum atomic E-state index is 16.6. The van der Waals surface area contributed by atoms with Crippen molar-refractivity contribution in [1.82, 2.24) is 24.8 Å². The van der Waals surface area contributed by atoms with Gasteiger partial charge in [-0.3, -0.25) is 9.88 Å². The summed E-state index contributed by atoms with van der Waals surface area (Å²) in [5.41, 5.74) is 1.89. The van der Waals surface area contributed by atoms with Crippen molar-refractivity contribution in [1.29, 1.82) is 5.26 Å². The number of amides is 1. The van der Waals surface area contributed by atoms with E-state index >= 15 is 4.39 Å². The highest BCUT2D eigenvalue weighted by Gasteiger charge is 2.33. The molecule has 2 aromatic heterocycles. The van der Waals surface area contributed by atoms with E-state index in [0.717, 1.165) is 29.3 Å². The van der Waals surface area contributed by atoms with Crippen LogP contribution in [-0.2, 0) is 4.74 Å². The third-order valence-electron chi connectivity index (χ3n) is 8.75. The first-order valence-electron chi connectivity index (χ1n) is 14.6. The zero-order valence-corrected chi connectivity index (χ0v) is 24.9. The molecular formula is C32H34FN7O4. The van der Waals surface area contributed by atoms with Gasteiger partial charge in [0.2, 0.25) is 0 Å². The number of piperazine rings is 1. The molecule has 2 aliphatic heterocycles. The van der Waals surface area contributed by atoms with E-state index < -0.39 is 18.0 Å². The SMILES string of the molecule is CO[C@@H]1C[C@@H](COc2nc(N3CCN(C(=O)O)[C@@H](CC#N)C3)c3cnc(-c4cccc5cccc(C)c45)c(F)c3n2)N(C)C1. The Morgan fingerprint density at radius 2 is 1.95 bits per heavy atom. The van der Waals surface area contributed by atoms with Crippen LogP contribution in [0, 0.1) is 24.1 Å². The first-order chi connectivity index (χ1) is 21.3. The van der Waals surface area contributed by atoms with Crippen LogP contribution in [0.2, 0.25) is 0 Å². The summed E-state index contributed by atoms with van der Waals surface area (Å²) in [5, 5.41) is 21.3. The Kier molecular flexibility index (Phi) is 8.16. The predicted octanol–water partition coefficient (Wildman–Crippen LogP) is 4.47. The number of carboxylic acid groups (broad SMARTS) is 1. The molecule has 4 aromatic rings. The van der Waals surface area contributed by atoms with Crippen molar-refractivity contribution in [2.75, 3.05) is 51.8 Å². The van der Waals surface area contributed by atoms with Gasteiger partial charge in [0.15, 0.2) is 5.82 Å². The fraction of sp³-hybridized carbons (Fsp3) is 0.406. The Morgan fingerprint density at radius 1 is 1.16 bits per heavy atom. The Bertz CT molecular complexity index is 1760. The molecule has 2 fully saturated rings. The minimum atomic E-state index is -1.08. The van der Waals surface area contributed by atoms with Gasteiger partial charge in [0.25, 0.3) is 0 Å². The lowest BCUT2D eigenvalue weighted by atomic mass is 9.97. The lowest BCUT2D eigenvalue weighted by molar-refractivity contribution is 0.111. The van der Waals surface area contributed by atoms with E-state index in [1.807, 2.05) is 55.3 Å². The van der Waals surface area contributed by atoms with Crippen molar-refractivity contribution in [3.8, 4) is 23.3 Å². The Hall–Kier alpha value is -4.60. The van der Waals surface area contributed by atoms with Crippen molar-refractivity contribution in [2.45, 2.75) is 38.0 Å². The lowest BCUT2D eigenvalue weighted by Crippen LogP contribution is -2.55. The van der Waals surface area contributed by atoms with E-state index in [9.17, 15) is 15.2 Å². The van der Waals surface area contributed by atoms with Crippen LogP contribution in [0.4, 0.5) is 15.0 Å². The standard InChI is InChI=1S/C32H34FN7O4/c1-19-6-4-7-20-8-5-9-24(26(19)20)28-27(33)29-25(15-35-28)30(39-12-13-40(32(41)42)21(16-39)10-11-34)37-31(36-29)44-18-22-14-23(43-3)17-38(22)2/h4-9,15,21-23H,10,12-14,16-18H2,1-3H3,(H,41,42)/t21-,22-,23+/m0/s1. The third kappa shape index (κ3) is 5.44. The molecule has 44 heavy (non-hydrogen) atoms. The third-order valence-corrected chi connectivity index (χ3v) is 8.75. The number of ether oxygens (including phenoxy) is 2. The molecule has 0 aliphatic carbocycles. The Labute approximate surface area is 254 Å². The smallest absolute Gasteiger partial charge is 0.407 e. The minimum Gasteiger partial charge on any atom is -0.465 e. The fourth-order valence-electron chi connectivity index (χ4n) is 6.39. The topological polar surface area (TPSA) is 128 Å². The number of hydrogen-bond acceptors (Lipinski definition) is 9. The van der Waals surface area contributed by atoms with Crippen LogP contribution in [0.3, 0.4) is 0 Å². The zero-order valence-electron chi connectivity index (χ0n) is 24.9. The maximum absolute atomic E-state index is 16.6. The van der Waals surface area contributed by atoms with Crippen molar-refractivity contribution in [2.24, 2.45) is 0 Å². The van der Waals surface area contributed by atoms with Crippen LogP contribution in [0.25, 0.3) is 32.9 Å². The zero-order chi connectivity index (χ0) is 31.0. The van der Waals surface area contributed by atoms with Gasteiger partial charge in [0.05, 0.1) is 30.0 Å². The molecule has 0 unspecified atom stereocenters. The molecule has 2 aliphatic rings. The van der Waals surface area contributed by atoms with E-state index in [4.69, 9.17) is 14.5 Å². The molecule has 0 radical (unpaired) electrons. The molecule has 1 amide bonds. The van der Waals surface area contributed by atoms with Gasteiger partial charge in [-0.05, 0) is 36.7 Å². The number of nitriles is 1. The second-order valence-electron chi connectivity index (χ2n) is 11.4. The quantitative estimate of drug-likeness (QED) is 0.325. The van der Waals surface area contributed by atoms with Gasteiger partial charge in [-0.2, -0.15) is 15.2 Å². The molecule has 1 N–H and O–H groups in total. The second kappa shape index (κ2) is 12.2. The van der Waals surface area contributed by atoms with Crippen LogP contribution >= 0.6 is 0 Å². The molecule has 228 valence electrons. The summed E-state index contributed by atoms with van der Waals surface area (Å²) >= 11 is 0. The monoisotopic (exact) mass is 599 g/mol. The number of likely N-dealkylation sites (N-methyl/N-ethyl adjacent to an activating group) is 1. The summed E-state index contributed by atoms with van der Waals surface area (Å²) in [6.07, 6.45) is 1.38. The number of benzene rings is 2. The molecule has 2 saturated heterocycles. The highest BCUT2D eigenvalue weighted by molar-refractivity contribution is 6.00. The first kappa shape index (κ1) is 29.5. The molecule has 4 heterocycles. The summed E-state index contributed by atoms with van der Waals surface area (Å²) in [5.74, 6) is -0.207. The minimum absolute atomic E-state index is 0.0149. The van der Waals surface area contributed by atoms with E-state index in [0.29, 0.717) is 23.3 Å². The summed E-state index contributed by atoms with van der Waals surface area (Å²) in [4.78, 5) is 31.0. The van der Waals surface area contributed by atoms with Gasteiger partial charge in [-0.25, -0.2) is 9.18 Å². The van der Waals surface area contributed by atoms with Crippen molar-refractivity contribution in [3.63, 3.8) is 0 Å². The highest BCUT2D eigenvalue weighted by Crippen LogP contribution is 2.36.